The third-order valence-corrected chi connectivity index (χ3v) is 4.12. The number of amides is 1. The second-order valence-corrected chi connectivity index (χ2v) is 7.69. The number of rotatable bonds is 4. The van der Waals surface area contributed by atoms with Crippen molar-refractivity contribution in [3.63, 3.8) is 0 Å². The third kappa shape index (κ3) is 5.36. The van der Waals surface area contributed by atoms with Gasteiger partial charge in [-0.15, -0.1) is 0 Å². The number of hydrogen-bond donors (Lipinski definition) is 0. The van der Waals surface area contributed by atoms with Gasteiger partial charge in [0.1, 0.15) is 5.75 Å². The van der Waals surface area contributed by atoms with E-state index in [1.165, 1.54) is 5.56 Å². The molecule has 1 fully saturated rings. The van der Waals surface area contributed by atoms with Crippen molar-refractivity contribution < 1.29 is 9.53 Å². The molecule has 1 aliphatic heterocycles. The summed E-state index contributed by atoms with van der Waals surface area (Å²) in [5.74, 6) is 1.80. The molecule has 0 aromatic heterocycles. The second-order valence-electron chi connectivity index (χ2n) is 7.69. The Morgan fingerprint density at radius 2 is 1.95 bits per heavy atom. The predicted molar refractivity (Wildman–Crippen MR) is 90.1 cm³/mol. The van der Waals surface area contributed by atoms with Gasteiger partial charge in [-0.2, -0.15) is 0 Å². The SMILES string of the molecule is Cc1cccc(OCC2CCN(C(=O)CC(C)(C)C)CC2)c1. The Morgan fingerprint density at radius 1 is 1.27 bits per heavy atom. The molecule has 122 valence electrons. The molecule has 0 spiro atoms. The fraction of sp³-hybridized carbons (Fsp3) is 0.632. The highest BCUT2D eigenvalue weighted by molar-refractivity contribution is 5.76. The van der Waals surface area contributed by atoms with Crippen molar-refractivity contribution in [2.24, 2.45) is 11.3 Å². The highest BCUT2D eigenvalue weighted by Gasteiger charge is 2.26. The van der Waals surface area contributed by atoms with Gasteiger partial charge >= 0.3 is 0 Å². The number of aryl methyl sites for hydroxylation is 1. The van der Waals surface area contributed by atoms with Crippen LogP contribution in [0.5, 0.6) is 5.75 Å². The molecule has 1 heterocycles. The quantitative estimate of drug-likeness (QED) is 0.840. The molecule has 2 rings (SSSR count). The normalized spacial score (nSPS) is 16.6. The summed E-state index contributed by atoms with van der Waals surface area (Å²) in [5.41, 5.74) is 1.29. The van der Waals surface area contributed by atoms with Crippen LogP contribution in [0.4, 0.5) is 0 Å². The van der Waals surface area contributed by atoms with E-state index in [0.717, 1.165) is 38.3 Å². The molecular formula is C19H29NO2. The van der Waals surface area contributed by atoms with Gasteiger partial charge in [0.15, 0.2) is 0 Å². The minimum atomic E-state index is 0.0716. The van der Waals surface area contributed by atoms with Crippen LogP contribution >= 0.6 is 0 Å². The fourth-order valence-electron chi connectivity index (χ4n) is 2.83. The first-order valence-electron chi connectivity index (χ1n) is 8.31. The third-order valence-electron chi connectivity index (χ3n) is 4.12. The van der Waals surface area contributed by atoms with Gasteiger partial charge in [0.25, 0.3) is 0 Å². The van der Waals surface area contributed by atoms with Gasteiger partial charge < -0.3 is 9.64 Å². The van der Waals surface area contributed by atoms with Crippen LogP contribution in [0.15, 0.2) is 24.3 Å². The highest BCUT2D eigenvalue weighted by Crippen LogP contribution is 2.24. The van der Waals surface area contributed by atoms with E-state index in [1.54, 1.807) is 0 Å². The number of hydrogen-bond acceptors (Lipinski definition) is 2. The molecule has 0 saturated carbocycles. The van der Waals surface area contributed by atoms with Crippen molar-refractivity contribution in [2.45, 2.75) is 47.0 Å². The minimum Gasteiger partial charge on any atom is -0.493 e. The van der Waals surface area contributed by atoms with Gasteiger partial charge in [0.2, 0.25) is 5.91 Å². The lowest BCUT2D eigenvalue weighted by Crippen LogP contribution is -2.40. The zero-order chi connectivity index (χ0) is 16.2. The molecular weight excluding hydrogens is 274 g/mol. The van der Waals surface area contributed by atoms with E-state index in [2.05, 4.69) is 39.8 Å². The van der Waals surface area contributed by atoms with E-state index in [0.29, 0.717) is 18.2 Å². The van der Waals surface area contributed by atoms with Crippen molar-refractivity contribution in [1.29, 1.82) is 0 Å². The van der Waals surface area contributed by atoms with Crippen LogP contribution in [0.2, 0.25) is 0 Å². The lowest BCUT2D eigenvalue weighted by atomic mass is 9.90. The van der Waals surface area contributed by atoms with Crippen LogP contribution in [-0.2, 0) is 4.79 Å². The summed E-state index contributed by atoms with van der Waals surface area (Å²) in [6.45, 7) is 10.9. The van der Waals surface area contributed by atoms with Crippen molar-refractivity contribution in [1.82, 2.24) is 4.90 Å². The van der Waals surface area contributed by atoms with Gasteiger partial charge in [-0.25, -0.2) is 0 Å². The van der Waals surface area contributed by atoms with Crippen molar-refractivity contribution in [3.8, 4) is 5.75 Å². The largest absolute Gasteiger partial charge is 0.493 e. The second kappa shape index (κ2) is 7.17. The van der Waals surface area contributed by atoms with E-state index in [-0.39, 0.29) is 5.41 Å². The van der Waals surface area contributed by atoms with Gasteiger partial charge in [0, 0.05) is 19.5 Å². The Morgan fingerprint density at radius 3 is 2.55 bits per heavy atom. The summed E-state index contributed by atoms with van der Waals surface area (Å²) in [6.07, 6.45) is 2.72. The van der Waals surface area contributed by atoms with E-state index >= 15 is 0 Å². The molecule has 0 aliphatic carbocycles. The average Bonchev–Trinajstić information content (AvgIpc) is 2.44. The molecule has 3 heteroatoms. The van der Waals surface area contributed by atoms with Crippen LogP contribution in [-0.4, -0.2) is 30.5 Å². The van der Waals surface area contributed by atoms with Crippen LogP contribution in [0.25, 0.3) is 0 Å². The zero-order valence-corrected chi connectivity index (χ0v) is 14.4. The lowest BCUT2D eigenvalue weighted by molar-refractivity contribution is -0.134. The number of piperidine rings is 1. The zero-order valence-electron chi connectivity index (χ0n) is 14.4. The van der Waals surface area contributed by atoms with E-state index in [4.69, 9.17) is 4.74 Å². The monoisotopic (exact) mass is 303 g/mol. The number of carbonyl (C=O) groups is 1. The maximum atomic E-state index is 12.2. The van der Waals surface area contributed by atoms with Crippen molar-refractivity contribution in [3.05, 3.63) is 29.8 Å². The van der Waals surface area contributed by atoms with E-state index in [1.807, 2.05) is 17.0 Å². The first-order chi connectivity index (χ1) is 10.3. The van der Waals surface area contributed by atoms with Crippen LogP contribution in [0.3, 0.4) is 0 Å². The van der Waals surface area contributed by atoms with Crippen LogP contribution in [0, 0.1) is 18.3 Å². The number of carbonyl (C=O) groups excluding carboxylic acids is 1. The molecule has 1 aromatic carbocycles. The molecule has 22 heavy (non-hydrogen) atoms. The first-order valence-corrected chi connectivity index (χ1v) is 8.31. The molecule has 1 aliphatic rings. The molecule has 0 unspecified atom stereocenters. The van der Waals surface area contributed by atoms with Gasteiger partial charge in [0.05, 0.1) is 6.61 Å². The average molecular weight is 303 g/mol. The number of likely N-dealkylation sites (tertiary alicyclic amines) is 1. The summed E-state index contributed by atoms with van der Waals surface area (Å²) in [6, 6.07) is 8.18. The first kappa shape index (κ1) is 16.9. The Balaban J connectivity index is 1.74. The molecule has 0 N–H and O–H groups in total. The Labute approximate surface area is 134 Å². The minimum absolute atomic E-state index is 0.0716. The fourth-order valence-corrected chi connectivity index (χ4v) is 2.83. The molecule has 0 bridgehead atoms. The summed E-state index contributed by atoms with van der Waals surface area (Å²) < 4.78 is 5.90. The Kier molecular flexibility index (Phi) is 5.49. The lowest BCUT2D eigenvalue weighted by Gasteiger charge is -2.33. The van der Waals surface area contributed by atoms with Gasteiger partial charge in [-0.05, 0) is 48.8 Å². The van der Waals surface area contributed by atoms with Gasteiger partial charge in [-0.1, -0.05) is 32.9 Å². The molecule has 1 saturated heterocycles. The molecule has 0 atom stereocenters. The molecule has 1 amide bonds. The molecule has 1 aromatic rings. The molecule has 0 radical (unpaired) electrons. The number of benzene rings is 1. The molecule has 3 nitrogen and oxygen atoms in total. The smallest absolute Gasteiger partial charge is 0.223 e. The maximum absolute atomic E-state index is 12.2. The Bertz CT molecular complexity index is 496. The predicted octanol–water partition coefficient (Wildman–Crippen LogP) is 4.05. The van der Waals surface area contributed by atoms with Crippen molar-refractivity contribution in [2.75, 3.05) is 19.7 Å². The van der Waals surface area contributed by atoms with Crippen LogP contribution < -0.4 is 4.74 Å². The summed E-state index contributed by atoms with van der Waals surface area (Å²) in [5, 5.41) is 0. The summed E-state index contributed by atoms with van der Waals surface area (Å²) in [4.78, 5) is 14.3. The Hall–Kier alpha value is -1.51. The van der Waals surface area contributed by atoms with Crippen LogP contribution in [0.1, 0.15) is 45.6 Å². The highest BCUT2D eigenvalue weighted by atomic mass is 16.5. The van der Waals surface area contributed by atoms with Gasteiger partial charge in [-0.3, -0.25) is 4.79 Å². The standard InChI is InChI=1S/C19H29NO2/c1-15-6-5-7-17(12-15)22-14-16-8-10-20(11-9-16)18(21)13-19(2,3)4/h5-7,12,16H,8-11,13-14H2,1-4H3. The van der Waals surface area contributed by atoms with Crippen molar-refractivity contribution >= 4 is 5.91 Å². The summed E-state index contributed by atoms with van der Waals surface area (Å²) >= 11 is 0. The summed E-state index contributed by atoms with van der Waals surface area (Å²) in [7, 11) is 0. The number of nitrogens with zero attached hydrogens (tertiary/aromatic N) is 1. The van der Waals surface area contributed by atoms with E-state index in [9.17, 15) is 4.79 Å². The number of ether oxygens (including phenoxy) is 1. The maximum Gasteiger partial charge on any atom is 0.223 e. The van der Waals surface area contributed by atoms with E-state index < -0.39 is 0 Å². The topological polar surface area (TPSA) is 29.5 Å².